The predicted octanol–water partition coefficient (Wildman–Crippen LogP) is 2.23. The molecule has 0 atom stereocenters. The first-order valence-corrected chi connectivity index (χ1v) is 7.48. The molecule has 7 nitrogen and oxygen atoms in total. The number of thiazole rings is 1. The summed E-state index contributed by atoms with van der Waals surface area (Å²) >= 11 is 0.558. The number of carbonyl (C=O) groups is 3. The van der Waals surface area contributed by atoms with Crippen LogP contribution in [0.15, 0.2) is 29.8 Å². The van der Waals surface area contributed by atoms with E-state index in [9.17, 15) is 27.6 Å². The molecule has 2 aromatic rings. The molecule has 0 bridgehead atoms. The van der Waals surface area contributed by atoms with Gasteiger partial charge in [-0.1, -0.05) is 0 Å². The SMILES string of the molecule is O=C(O)CNC(=O)c1ccc(NC(=O)c2scnc2C(F)(F)F)cc1. The normalized spacial score (nSPS) is 11.0. The zero-order valence-electron chi connectivity index (χ0n) is 12.3. The number of nitrogens with zero attached hydrogens (tertiary/aromatic N) is 1. The molecule has 25 heavy (non-hydrogen) atoms. The van der Waals surface area contributed by atoms with Crippen molar-refractivity contribution in [1.82, 2.24) is 10.3 Å². The molecule has 132 valence electrons. The molecule has 0 spiro atoms. The smallest absolute Gasteiger partial charge is 0.434 e. The summed E-state index contributed by atoms with van der Waals surface area (Å²) < 4.78 is 38.2. The van der Waals surface area contributed by atoms with Crippen LogP contribution < -0.4 is 10.6 Å². The molecule has 0 saturated heterocycles. The van der Waals surface area contributed by atoms with E-state index >= 15 is 0 Å². The average molecular weight is 373 g/mol. The first-order valence-electron chi connectivity index (χ1n) is 6.60. The maximum absolute atomic E-state index is 12.7. The molecule has 0 aliphatic rings. The molecule has 0 fully saturated rings. The van der Waals surface area contributed by atoms with Crippen LogP contribution >= 0.6 is 11.3 Å². The summed E-state index contributed by atoms with van der Waals surface area (Å²) in [7, 11) is 0. The van der Waals surface area contributed by atoms with E-state index in [0.717, 1.165) is 5.51 Å². The highest BCUT2D eigenvalue weighted by Gasteiger charge is 2.38. The first kappa shape index (κ1) is 18.4. The topological polar surface area (TPSA) is 108 Å². The third-order valence-corrected chi connectivity index (χ3v) is 3.67. The van der Waals surface area contributed by atoms with Crippen LogP contribution in [-0.2, 0) is 11.0 Å². The molecule has 1 heterocycles. The van der Waals surface area contributed by atoms with Crippen LogP contribution in [0.25, 0.3) is 0 Å². The number of aliphatic carboxylic acids is 1. The molecule has 0 unspecified atom stereocenters. The number of anilines is 1. The maximum atomic E-state index is 12.7. The molecule has 11 heteroatoms. The zero-order chi connectivity index (χ0) is 18.6. The van der Waals surface area contributed by atoms with Gasteiger partial charge in [0.25, 0.3) is 11.8 Å². The summed E-state index contributed by atoms with van der Waals surface area (Å²) in [5.41, 5.74) is -0.0397. The number of hydrogen-bond acceptors (Lipinski definition) is 5. The fourth-order valence-electron chi connectivity index (χ4n) is 1.76. The number of carboxylic acid groups (broad SMARTS) is 1. The van der Waals surface area contributed by atoms with Gasteiger partial charge in [0.05, 0.1) is 5.51 Å². The Labute approximate surface area is 142 Å². The van der Waals surface area contributed by atoms with Gasteiger partial charge in [-0.05, 0) is 24.3 Å². The highest BCUT2D eigenvalue weighted by molar-refractivity contribution is 7.12. The minimum absolute atomic E-state index is 0.132. The summed E-state index contributed by atoms with van der Waals surface area (Å²) in [6.45, 7) is -0.553. The van der Waals surface area contributed by atoms with E-state index < -0.39 is 41.1 Å². The van der Waals surface area contributed by atoms with Gasteiger partial charge in [0.15, 0.2) is 5.69 Å². The van der Waals surface area contributed by atoms with Crippen LogP contribution in [0.4, 0.5) is 18.9 Å². The molecule has 2 amide bonds. The molecule has 0 aliphatic heterocycles. The second kappa shape index (κ2) is 7.30. The average Bonchev–Trinajstić information content (AvgIpc) is 3.03. The second-order valence-electron chi connectivity index (χ2n) is 4.64. The standard InChI is InChI=1S/C14H10F3N3O4S/c15-14(16,17)11-10(25-6-19-11)13(24)20-8-3-1-7(2-4-8)12(23)18-5-9(21)22/h1-4,6H,5H2,(H,18,23)(H,20,24)(H,21,22). The van der Waals surface area contributed by atoms with Crippen molar-refractivity contribution in [2.24, 2.45) is 0 Å². The third kappa shape index (κ3) is 4.76. The van der Waals surface area contributed by atoms with Crippen LogP contribution in [0.3, 0.4) is 0 Å². The third-order valence-electron chi connectivity index (χ3n) is 2.85. The molecular formula is C14H10F3N3O4S. The lowest BCUT2D eigenvalue weighted by Gasteiger charge is -2.08. The van der Waals surface area contributed by atoms with Crippen molar-refractivity contribution in [1.29, 1.82) is 0 Å². The fourth-order valence-corrected chi connectivity index (χ4v) is 2.46. The minimum Gasteiger partial charge on any atom is -0.480 e. The number of halogens is 3. The van der Waals surface area contributed by atoms with Crippen molar-refractivity contribution in [3.63, 3.8) is 0 Å². The van der Waals surface area contributed by atoms with E-state index in [0.29, 0.717) is 11.3 Å². The summed E-state index contributed by atoms with van der Waals surface area (Å²) in [6.07, 6.45) is -4.74. The summed E-state index contributed by atoms with van der Waals surface area (Å²) in [6, 6.07) is 5.21. The van der Waals surface area contributed by atoms with Crippen molar-refractivity contribution in [3.05, 3.63) is 45.9 Å². The zero-order valence-corrected chi connectivity index (χ0v) is 13.1. The molecule has 0 radical (unpaired) electrons. The van der Waals surface area contributed by atoms with Gasteiger partial charge in [-0.15, -0.1) is 11.3 Å². The summed E-state index contributed by atoms with van der Waals surface area (Å²) in [4.78, 5) is 36.5. The number of alkyl halides is 3. The summed E-state index contributed by atoms with van der Waals surface area (Å²) in [5, 5.41) is 12.9. The van der Waals surface area contributed by atoms with E-state index in [2.05, 4.69) is 15.6 Å². The van der Waals surface area contributed by atoms with Crippen molar-refractivity contribution in [3.8, 4) is 0 Å². The molecule has 2 rings (SSSR count). The lowest BCUT2D eigenvalue weighted by Crippen LogP contribution is -2.29. The molecular weight excluding hydrogens is 363 g/mol. The molecule has 0 aliphatic carbocycles. The monoisotopic (exact) mass is 373 g/mol. The van der Waals surface area contributed by atoms with Gasteiger partial charge in [-0.25, -0.2) is 4.98 Å². The van der Waals surface area contributed by atoms with E-state index in [1.54, 1.807) is 0 Å². The Morgan fingerprint density at radius 1 is 1.12 bits per heavy atom. The van der Waals surface area contributed by atoms with E-state index in [1.165, 1.54) is 24.3 Å². The van der Waals surface area contributed by atoms with Gasteiger partial charge in [0.1, 0.15) is 11.4 Å². The van der Waals surface area contributed by atoms with Gasteiger partial charge < -0.3 is 15.7 Å². The Hall–Kier alpha value is -2.95. The number of benzene rings is 1. The van der Waals surface area contributed by atoms with Crippen LogP contribution in [0, 0.1) is 0 Å². The number of hydrogen-bond donors (Lipinski definition) is 3. The van der Waals surface area contributed by atoms with Crippen molar-refractivity contribution in [2.75, 3.05) is 11.9 Å². The Morgan fingerprint density at radius 3 is 2.32 bits per heavy atom. The maximum Gasteiger partial charge on any atom is 0.434 e. The molecule has 3 N–H and O–H groups in total. The second-order valence-corrected chi connectivity index (χ2v) is 5.49. The molecule has 1 aromatic carbocycles. The van der Waals surface area contributed by atoms with Gasteiger partial charge in [0, 0.05) is 11.3 Å². The number of carbonyl (C=O) groups excluding carboxylic acids is 2. The molecule has 1 aromatic heterocycles. The minimum atomic E-state index is -4.74. The van der Waals surface area contributed by atoms with Crippen LogP contribution in [0.5, 0.6) is 0 Å². The van der Waals surface area contributed by atoms with E-state index in [1.807, 2.05) is 0 Å². The van der Waals surface area contributed by atoms with Gasteiger partial charge in [0.2, 0.25) is 0 Å². The highest BCUT2D eigenvalue weighted by atomic mass is 32.1. The van der Waals surface area contributed by atoms with Gasteiger partial charge >= 0.3 is 12.1 Å². The van der Waals surface area contributed by atoms with Crippen molar-refractivity contribution >= 4 is 34.8 Å². The van der Waals surface area contributed by atoms with E-state index in [-0.39, 0.29) is 11.3 Å². The lowest BCUT2D eigenvalue weighted by atomic mass is 10.2. The summed E-state index contributed by atoms with van der Waals surface area (Å²) in [5.74, 6) is -2.82. The largest absolute Gasteiger partial charge is 0.480 e. The fraction of sp³-hybridized carbons (Fsp3) is 0.143. The first-order chi connectivity index (χ1) is 11.7. The van der Waals surface area contributed by atoms with Crippen LogP contribution in [0.2, 0.25) is 0 Å². The number of aromatic nitrogens is 1. The Kier molecular flexibility index (Phi) is 5.37. The quantitative estimate of drug-likeness (QED) is 0.745. The highest BCUT2D eigenvalue weighted by Crippen LogP contribution is 2.32. The molecule has 0 saturated carbocycles. The number of rotatable bonds is 5. The Bertz CT molecular complexity index is 802. The van der Waals surface area contributed by atoms with Gasteiger partial charge in [-0.3, -0.25) is 14.4 Å². The van der Waals surface area contributed by atoms with Crippen LogP contribution in [0.1, 0.15) is 25.7 Å². The lowest BCUT2D eigenvalue weighted by molar-refractivity contribution is -0.141. The van der Waals surface area contributed by atoms with Crippen molar-refractivity contribution in [2.45, 2.75) is 6.18 Å². The Morgan fingerprint density at radius 2 is 1.76 bits per heavy atom. The number of amides is 2. The van der Waals surface area contributed by atoms with Gasteiger partial charge in [-0.2, -0.15) is 13.2 Å². The Balaban J connectivity index is 2.06. The predicted molar refractivity (Wildman–Crippen MR) is 81.5 cm³/mol. The number of carboxylic acids is 1. The van der Waals surface area contributed by atoms with E-state index in [4.69, 9.17) is 5.11 Å². The van der Waals surface area contributed by atoms with Crippen molar-refractivity contribution < 1.29 is 32.7 Å². The van der Waals surface area contributed by atoms with Crippen LogP contribution in [-0.4, -0.2) is 34.4 Å². The number of nitrogens with one attached hydrogen (secondary N) is 2.